The van der Waals surface area contributed by atoms with Gasteiger partial charge in [-0.25, -0.2) is 0 Å². The topological polar surface area (TPSA) is 60.2 Å². The van der Waals surface area contributed by atoms with Crippen LogP contribution in [-0.2, 0) is 10.3 Å². The molecule has 1 aromatic rings. The zero-order valence-corrected chi connectivity index (χ0v) is 12.1. The van der Waals surface area contributed by atoms with Crippen LogP contribution in [0.1, 0.15) is 65.2 Å². The highest BCUT2D eigenvalue weighted by molar-refractivity contribution is 5.02. The maximum Gasteiger partial charge on any atom is 0.243 e. The van der Waals surface area contributed by atoms with E-state index in [4.69, 9.17) is 9.26 Å². The van der Waals surface area contributed by atoms with Gasteiger partial charge in [0.15, 0.2) is 0 Å². The fourth-order valence-electron chi connectivity index (χ4n) is 2.10. The van der Waals surface area contributed by atoms with E-state index in [0.29, 0.717) is 18.3 Å². The lowest BCUT2D eigenvalue weighted by Gasteiger charge is -2.27. The largest absolute Gasteiger partial charge is 0.367 e. The van der Waals surface area contributed by atoms with Crippen LogP contribution < -0.4 is 5.32 Å². The van der Waals surface area contributed by atoms with Crippen LogP contribution in [0.15, 0.2) is 4.52 Å². The van der Waals surface area contributed by atoms with Gasteiger partial charge in [-0.2, -0.15) is 4.98 Å². The van der Waals surface area contributed by atoms with Crippen LogP contribution in [0.3, 0.4) is 0 Å². The van der Waals surface area contributed by atoms with E-state index >= 15 is 0 Å². The van der Waals surface area contributed by atoms with E-state index in [2.05, 4.69) is 36.2 Å². The maximum absolute atomic E-state index is 5.86. The van der Waals surface area contributed by atoms with Crippen molar-refractivity contribution >= 4 is 0 Å². The molecule has 0 aliphatic rings. The van der Waals surface area contributed by atoms with Gasteiger partial charge in [-0.1, -0.05) is 25.9 Å². The lowest BCUT2D eigenvalue weighted by molar-refractivity contribution is -0.0583. The molecule has 1 rings (SSSR count). The normalized spacial score (nSPS) is 13.8. The molecule has 0 amide bonds. The molecule has 0 aromatic carbocycles. The predicted octanol–water partition coefficient (Wildman–Crippen LogP) is 2.79. The van der Waals surface area contributed by atoms with Gasteiger partial charge in [-0.15, -0.1) is 0 Å². The van der Waals surface area contributed by atoms with Gasteiger partial charge in [0.25, 0.3) is 0 Å². The summed E-state index contributed by atoms with van der Waals surface area (Å²) in [7, 11) is 0. The monoisotopic (exact) mass is 255 g/mol. The van der Waals surface area contributed by atoms with E-state index in [0.717, 1.165) is 19.4 Å². The molecule has 0 aliphatic heterocycles. The number of nitrogens with one attached hydrogen (secondary N) is 1. The summed E-state index contributed by atoms with van der Waals surface area (Å²) < 4.78 is 11.2. The van der Waals surface area contributed by atoms with Gasteiger partial charge >= 0.3 is 0 Å². The molecule has 18 heavy (non-hydrogen) atoms. The number of nitrogens with zero attached hydrogens (tertiary/aromatic N) is 2. The molecule has 0 saturated heterocycles. The molecule has 1 atom stereocenters. The van der Waals surface area contributed by atoms with E-state index in [1.165, 1.54) is 0 Å². The molecule has 104 valence electrons. The minimum absolute atomic E-state index is 0.0734. The first kappa shape index (κ1) is 15.1. The van der Waals surface area contributed by atoms with Crippen LogP contribution in [-0.4, -0.2) is 23.3 Å². The zero-order valence-electron chi connectivity index (χ0n) is 12.1. The quantitative estimate of drug-likeness (QED) is 0.774. The third-order valence-electron chi connectivity index (χ3n) is 3.29. The SMILES string of the molecule is CCNC(C)c1nc(C(CC)(CC)OCC)no1. The van der Waals surface area contributed by atoms with Crippen molar-refractivity contribution in [3.8, 4) is 0 Å². The Morgan fingerprint density at radius 1 is 1.28 bits per heavy atom. The Labute approximate surface area is 109 Å². The second kappa shape index (κ2) is 6.85. The van der Waals surface area contributed by atoms with Gasteiger partial charge in [0.1, 0.15) is 5.60 Å². The summed E-state index contributed by atoms with van der Waals surface area (Å²) in [5.74, 6) is 1.28. The fourth-order valence-corrected chi connectivity index (χ4v) is 2.10. The van der Waals surface area contributed by atoms with Crippen molar-refractivity contribution in [2.75, 3.05) is 13.2 Å². The van der Waals surface area contributed by atoms with E-state index in [1.54, 1.807) is 0 Å². The molecule has 0 saturated carbocycles. The van der Waals surface area contributed by atoms with Crippen molar-refractivity contribution in [2.24, 2.45) is 0 Å². The molecule has 1 heterocycles. The van der Waals surface area contributed by atoms with Gasteiger partial charge in [0.2, 0.25) is 11.7 Å². The summed E-state index contributed by atoms with van der Waals surface area (Å²) in [6.45, 7) is 11.7. The number of hydrogen-bond donors (Lipinski definition) is 1. The van der Waals surface area contributed by atoms with Crippen molar-refractivity contribution in [3.05, 3.63) is 11.7 Å². The average Bonchev–Trinajstić information content (AvgIpc) is 2.86. The summed E-state index contributed by atoms with van der Waals surface area (Å²) in [6.07, 6.45) is 1.68. The highest BCUT2D eigenvalue weighted by Crippen LogP contribution is 2.31. The van der Waals surface area contributed by atoms with Crippen molar-refractivity contribution < 1.29 is 9.26 Å². The molecule has 1 N–H and O–H groups in total. The van der Waals surface area contributed by atoms with Crippen LogP contribution >= 0.6 is 0 Å². The van der Waals surface area contributed by atoms with E-state index in [-0.39, 0.29) is 6.04 Å². The Balaban J connectivity index is 2.93. The van der Waals surface area contributed by atoms with Crippen molar-refractivity contribution in [3.63, 3.8) is 0 Å². The van der Waals surface area contributed by atoms with Crippen molar-refractivity contribution in [1.82, 2.24) is 15.5 Å². The molecule has 0 radical (unpaired) electrons. The highest BCUT2D eigenvalue weighted by Gasteiger charge is 2.34. The van der Waals surface area contributed by atoms with Gasteiger partial charge in [-0.3, -0.25) is 0 Å². The first-order valence-electron chi connectivity index (χ1n) is 6.84. The summed E-state index contributed by atoms with van der Waals surface area (Å²) in [5.41, 5.74) is -0.414. The average molecular weight is 255 g/mol. The Bertz CT molecular complexity index is 348. The van der Waals surface area contributed by atoms with Crippen LogP contribution in [0, 0.1) is 0 Å². The van der Waals surface area contributed by atoms with Gasteiger partial charge in [0, 0.05) is 6.61 Å². The third-order valence-corrected chi connectivity index (χ3v) is 3.29. The Hall–Kier alpha value is -0.940. The highest BCUT2D eigenvalue weighted by atomic mass is 16.5. The van der Waals surface area contributed by atoms with Crippen LogP contribution in [0.25, 0.3) is 0 Å². The van der Waals surface area contributed by atoms with Crippen molar-refractivity contribution in [2.45, 2.75) is 59.1 Å². The second-order valence-electron chi connectivity index (χ2n) is 4.37. The molecule has 0 fully saturated rings. The van der Waals surface area contributed by atoms with Gasteiger partial charge in [0.05, 0.1) is 6.04 Å². The number of hydrogen-bond acceptors (Lipinski definition) is 5. The molecule has 5 heteroatoms. The fraction of sp³-hybridized carbons (Fsp3) is 0.846. The predicted molar refractivity (Wildman–Crippen MR) is 70.3 cm³/mol. The smallest absolute Gasteiger partial charge is 0.243 e. The van der Waals surface area contributed by atoms with E-state index in [9.17, 15) is 0 Å². The summed E-state index contributed by atoms with van der Waals surface area (Å²) in [5, 5.41) is 7.36. The molecule has 1 unspecified atom stereocenters. The molecule has 0 spiro atoms. The van der Waals surface area contributed by atoms with Crippen LogP contribution in [0.5, 0.6) is 0 Å². The number of ether oxygens (including phenoxy) is 1. The lowest BCUT2D eigenvalue weighted by Crippen LogP contribution is -2.30. The van der Waals surface area contributed by atoms with E-state index in [1.807, 2.05) is 13.8 Å². The Morgan fingerprint density at radius 3 is 2.44 bits per heavy atom. The Morgan fingerprint density at radius 2 is 1.94 bits per heavy atom. The van der Waals surface area contributed by atoms with Crippen LogP contribution in [0.2, 0.25) is 0 Å². The second-order valence-corrected chi connectivity index (χ2v) is 4.37. The lowest BCUT2D eigenvalue weighted by atomic mass is 9.96. The van der Waals surface area contributed by atoms with E-state index < -0.39 is 5.60 Å². The number of aromatic nitrogens is 2. The van der Waals surface area contributed by atoms with Gasteiger partial charge in [-0.05, 0) is 33.2 Å². The summed E-state index contributed by atoms with van der Waals surface area (Å²) >= 11 is 0. The standard InChI is InChI=1S/C13H25N3O2/c1-6-13(7-2,17-9-4)12-15-11(18-16-12)10(5)14-8-3/h10,14H,6-9H2,1-5H3. The maximum atomic E-state index is 5.86. The zero-order chi connectivity index (χ0) is 13.6. The van der Waals surface area contributed by atoms with Crippen LogP contribution in [0.4, 0.5) is 0 Å². The minimum Gasteiger partial charge on any atom is -0.367 e. The third kappa shape index (κ3) is 3.09. The molecular weight excluding hydrogens is 230 g/mol. The minimum atomic E-state index is -0.414. The Kier molecular flexibility index (Phi) is 5.75. The first-order valence-corrected chi connectivity index (χ1v) is 6.84. The van der Waals surface area contributed by atoms with Crippen molar-refractivity contribution in [1.29, 1.82) is 0 Å². The van der Waals surface area contributed by atoms with Gasteiger partial charge < -0.3 is 14.6 Å². The molecule has 0 bridgehead atoms. The summed E-state index contributed by atoms with van der Waals surface area (Å²) in [4.78, 5) is 4.50. The molecule has 0 aliphatic carbocycles. The molecular formula is C13H25N3O2. The number of rotatable bonds is 8. The molecule has 1 aromatic heterocycles. The summed E-state index contributed by atoms with van der Waals surface area (Å²) in [6, 6.07) is 0.0734. The first-order chi connectivity index (χ1) is 8.63. The molecule has 5 nitrogen and oxygen atoms in total.